The average Bonchev–Trinajstić information content (AvgIpc) is 3.32. The van der Waals surface area contributed by atoms with Gasteiger partial charge in [0.15, 0.2) is 0 Å². The number of fused-ring (bicyclic) bond motifs is 9. The third-order valence-electron chi connectivity index (χ3n) is 9.49. The maximum Gasteiger partial charge on any atom is 0.0629 e. The molecule has 0 N–H and O–H groups in total. The molecule has 9 rings (SSSR count). The molecule has 8 aromatic rings. The van der Waals surface area contributed by atoms with E-state index in [0.29, 0.717) is 22.3 Å². The van der Waals surface area contributed by atoms with Crippen LogP contribution in [0.3, 0.4) is 0 Å². The molecule has 8 aromatic carbocycles. The first-order chi connectivity index (χ1) is 22.7. The molecule has 0 spiro atoms. The SMILES string of the molecule is [2H]c1c([2H])c(-c2cccc3cc4c(ccc5ccccc54)cc23)c([2H])c([2H])c1-c1ccc2c(c1)C(C)(C)c1ccc3ccccc3c1-2. The summed E-state index contributed by atoms with van der Waals surface area (Å²) in [4.78, 5) is 0. The van der Waals surface area contributed by atoms with Crippen molar-refractivity contribution < 1.29 is 5.48 Å². The number of hydrogen-bond donors (Lipinski definition) is 0. The molecule has 0 aromatic heterocycles. The van der Waals surface area contributed by atoms with Crippen molar-refractivity contribution in [1.82, 2.24) is 0 Å². The van der Waals surface area contributed by atoms with Crippen molar-refractivity contribution in [3.05, 3.63) is 157 Å². The average molecular weight is 551 g/mol. The molecule has 0 saturated heterocycles. The van der Waals surface area contributed by atoms with Gasteiger partial charge in [0.1, 0.15) is 0 Å². The molecule has 0 radical (unpaired) electrons. The van der Waals surface area contributed by atoms with E-state index in [1.807, 2.05) is 24.3 Å². The fourth-order valence-corrected chi connectivity index (χ4v) is 7.25. The van der Waals surface area contributed by atoms with E-state index in [-0.39, 0.29) is 29.6 Å². The van der Waals surface area contributed by atoms with Gasteiger partial charge in [-0.3, -0.25) is 0 Å². The van der Waals surface area contributed by atoms with Gasteiger partial charge in [-0.25, -0.2) is 0 Å². The highest BCUT2D eigenvalue weighted by atomic mass is 14.4. The van der Waals surface area contributed by atoms with Crippen molar-refractivity contribution >= 4 is 43.1 Å². The summed E-state index contributed by atoms with van der Waals surface area (Å²) in [5.74, 6) is 0. The Morgan fingerprint density at radius 1 is 0.419 bits per heavy atom. The molecule has 1 aliphatic rings. The molecule has 0 heterocycles. The third kappa shape index (κ3) is 3.57. The fraction of sp³-hybridized carbons (Fsp3) is 0.0698. The van der Waals surface area contributed by atoms with Gasteiger partial charge in [0.25, 0.3) is 0 Å². The smallest absolute Gasteiger partial charge is 0.0616 e. The molecule has 0 atom stereocenters. The van der Waals surface area contributed by atoms with Crippen LogP contribution in [-0.2, 0) is 5.41 Å². The first-order valence-corrected chi connectivity index (χ1v) is 14.9. The lowest BCUT2D eigenvalue weighted by atomic mass is 9.81. The van der Waals surface area contributed by atoms with Crippen molar-refractivity contribution in [2.45, 2.75) is 19.3 Å². The molecule has 0 unspecified atom stereocenters. The molecule has 0 fully saturated rings. The zero-order valence-corrected chi connectivity index (χ0v) is 24.0. The summed E-state index contributed by atoms with van der Waals surface area (Å²) in [5, 5.41) is 8.91. The number of benzene rings is 8. The third-order valence-corrected chi connectivity index (χ3v) is 9.49. The molecule has 43 heavy (non-hydrogen) atoms. The highest BCUT2D eigenvalue weighted by molar-refractivity contribution is 6.14. The van der Waals surface area contributed by atoms with Gasteiger partial charge in [-0.1, -0.05) is 141 Å². The van der Waals surface area contributed by atoms with Crippen molar-refractivity contribution in [3.8, 4) is 33.4 Å². The maximum atomic E-state index is 9.24. The predicted octanol–water partition coefficient (Wildman–Crippen LogP) is 11.9. The largest absolute Gasteiger partial charge is 0.0629 e. The summed E-state index contributed by atoms with van der Waals surface area (Å²) in [5.41, 5.74) is 6.58. The van der Waals surface area contributed by atoms with Crippen molar-refractivity contribution in [3.63, 3.8) is 0 Å². The molecule has 0 bridgehead atoms. The van der Waals surface area contributed by atoms with Crippen LogP contribution in [0.15, 0.2) is 145 Å². The fourth-order valence-electron chi connectivity index (χ4n) is 7.25. The monoisotopic (exact) mass is 550 g/mol. The lowest BCUT2D eigenvalue weighted by Crippen LogP contribution is -2.15. The summed E-state index contributed by atoms with van der Waals surface area (Å²) in [7, 11) is 0. The summed E-state index contributed by atoms with van der Waals surface area (Å²) in [6.07, 6.45) is 0. The van der Waals surface area contributed by atoms with Gasteiger partial charge >= 0.3 is 0 Å². The lowest BCUT2D eigenvalue weighted by Gasteiger charge is -2.22. The van der Waals surface area contributed by atoms with Crippen LogP contribution in [0.5, 0.6) is 0 Å². The lowest BCUT2D eigenvalue weighted by molar-refractivity contribution is 0.661. The Hall–Kier alpha value is -5.20. The van der Waals surface area contributed by atoms with Crippen LogP contribution in [0.25, 0.3) is 76.5 Å². The molecule has 0 amide bonds. The van der Waals surface area contributed by atoms with Crippen LogP contribution in [0.4, 0.5) is 0 Å². The van der Waals surface area contributed by atoms with Crippen molar-refractivity contribution in [2.24, 2.45) is 0 Å². The molecule has 0 saturated carbocycles. The topological polar surface area (TPSA) is 0 Å². The van der Waals surface area contributed by atoms with Gasteiger partial charge in [-0.2, -0.15) is 0 Å². The minimum absolute atomic E-state index is 0.0245. The maximum absolute atomic E-state index is 9.24. The Labute approximate surface area is 257 Å². The zero-order chi connectivity index (χ0) is 32.2. The molecule has 0 nitrogen and oxygen atoms in total. The normalized spacial score (nSPS) is 14.8. The van der Waals surface area contributed by atoms with Gasteiger partial charge in [0.2, 0.25) is 0 Å². The molecule has 1 aliphatic carbocycles. The van der Waals surface area contributed by atoms with Gasteiger partial charge in [0, 0.05) is 5.41 Å². The Morgan fingerprint density at radius 3 is 1.88 bits per heavy atom. The standard InChI is InChI=1S/C43H30/c1-43(2)40-23-21-29-9-4-6-12-36(29)42(40)37-22-20-31(26-41(37)43)27-14-16-30(17-15-27)35-13-7-10-32-24-39-33(25-38(32)35)19-18-28-8-3-5-11-34(28)39/h3-26H,1-2H3/i14D,15D,16D,17D. The van der Waals surface area contributed by atoms with Crippen LogP contribution >= 0.6 is 0 Å². The zero-order valence-electron chi connectivity index (χ0n) is 28.0. The van der Waals surface area contributed by atoms with E-state index < -0.39 is 0 Å². The van der Waals surface area contributed by atoms with Crippen LogP contribution in [0, 0.1) is 0 Å². The van der Waals surface area contributed by atoms with E-state index in [2.05, 4.69) is 111 Å². The van der Waals surface area contributed by atoms with Crippen LogP contribution in [0.2, 0.25) is 0 Å². The quantitative estimate of drug-likeness (QED) is 0.148. The number of hydrogen-bond acceptors (Lipinski definition) is 0. The van der Waals surface area contributed by atoms with Crippen molar-refractivity contribution in [1.29, 1.82) is 0 Å². The summed E-state index contributed by atoms with van der Waals surface area (Å²) < 4.78 is 36.9. The summed E-state index contributed by atoms with van der Waals surface area (Å²) >= 11 is 0. The first kappa shape index (κ1) is 20.6. The van der Waals surface area contributed by atoms with Crippen molar-refractivity contribution in [2.75, 3.05) is 0 Å². The Balaban J connectivity index is 1.23. The predicted molar refractivity (Wildman–Crippen MR) is 185 cm³/mol. The van der Waals surface area contributed by atoms with Crippen LogP contribution < -0.4 is 0 Å². The molecular weight excluding hydrogens is 516 g/mol. The van der Waals surface area contributed by atoms with E-state index in [4.69, 9.17) is 0 Å². The minimum Gasteiger partial charge on any atom is -0.0616 e. The second-order valence-corrected chi connectivity index (χ2v) is 12.2. The second-order valence-electron chi connectivity index (χ2n) is 12.2. The van der Waals surface area contributed by atoms with Crippen LogP contribution in [-0.4, -0.2) is 0 Å². The van der Waals surface area contributed by atoms with Gasteiger partial charge in [0.05, 0.1) is 5.48 Å². The van der Waals surface area contributed by atoms with E-state index in [0.717, 1.165) is 32.7 Å². The first-order valence-electron chi connectivity index (χ1n) is 16.9. The highest BCUT2D eigenvalue weighted by Gasteiger charge is 2.36. The number of rotatable bonds is 2. The second kappa shape index (κ2) is 8.90. The summed E-state index contributed by atoms with van der Waals surface area (Å²) in [6, 6.07) is 41.7. The van der Waals surface area contributed by atoms with Gasteiger partial charge < -0.3 is 0 Å². The van der Waals surface area contributed by atoms with Gasteiger partial charge in [-0.15, -0.1) is 0 Å². The Morgan fingerprint density at radius 2 is 1.05 bits per heavy atom. The molecular formula is C43H30. The Kier molecular flexibility index (Phi) is 4.27. The Bertz CT molecular complexity index is 2620. The molecule has 202 valence electrons. The van der Waals surface area contributed by atoms with Gasteiger partial charge in [-0.05, 0) is 106 Å². The van der Waals surface area contributed by atoms with E-state index in [9.17, 15) is 5.48 Å². The van der Waals surface area contributed by atoms with E-state index >= 15 is 0 Å². The van der Waals surface area contributed by atoms with E-state index in [1.54, 1.807) is 0 Å². The molecule has 0 aliphatic heterocycles. The summed E-state index contributed by atoms with van der Waals surface area (Å²) in [6.45, 7) is 4.45. The van der Waals surface area contributed by atoms with Crippen LogP contribution in [0.1, 0.15) is 30.5 Å². The highest BCUT2D eigenvalue weighted by Crippen LogP contribution is 2.52. The van der Waals surface area contributed by atoms with E-state index in [1.165, 1.54) is 32.7 Å². The minimum atomic E-state index is -0.278. The molecule has 0 heteroatoms.